The van der Waals surface area contributed by atoms with Gasteiger partial charge in [0.1, 0.15) is 11.9 Å². The molecule has 0 saturated carbocycles. The van der Waals surface area contributed by atoms with Gasteiger partial charge >= 0.3 is 12.1 Å². The van der Waals surface area contributed by atoms with Crippen molar-refractivity contribution < 1.29 is 37.4 Å². The lowest BCUT2D eigenvalue weighted by atomic mass is 9.81. The van der Waals surface area contributed by atoms with Gasteiger partial charge in [-0.1, -0.05) is 45.0 Å². The second-order valence-electron chi connectivity index (χ2n) is 11.3. The number of carboxylic acids is 1. The molecule has 1 saturated heterocycles. The van der Waals surface area contributed by atoms with E-state index in [1.807, 2.05) is 0 Å². The molecule has 2 amide bonds. The average Bonchev–Trinajstić information content (AvgIpc) is 2.90. The highest BCUT2D eigenvalue weighted by atomic mass is 19.4. The van der Waals surface area contributed by atoms with Gasteiger partial charge in [0.2, 0.25) is 5.91 Å². The number of nitrogens with zero attached hydrogens (tertiary/aromatic N) is 1. The minimum atomic E-state index is -4.61. The predicted octanol–water partition coefficient (Wildman–Crippen LogP) is 4.14. The number of likely N-dealkylation sites (tertiary alicyclic amines) is 1. The number of nitrogens with one attached hydrogen (secondary N) is 2. The van der Waals surface area contributed by atoms with E-state index in [0.717, 1.165) is 12.1 Å². The van der Waals surface area contributed by atoms with Crippen LogP contribution in [-0.4, -0.2) is 58.9 Å². The number of nitrogen functional groups attached to an aromatic ring is 1. The molecule has 12 heteroatoms. The molecule has 5 N–H and O–H groups in total. The Labute approximate surface area is 236 Å². The fourth-order valence-corrected chi connectivity index (χ4v) is 4.78. The van der Waals surface area contributed by atoms with Crippen LogP contribution < -0.4 is 11.1 Å². The summed E-state index contributed by atoms with van der Waals surface area (Å²) >= 11 is 0. The van der Waals surface area contributed by atoms with Gasteiger partial charge in [0.05, 0.1) is 11.2 Å². The lowest BCUT2D eigenvalue weighted by Crippen LogP contribution is -2.54. The van der Waals surface area contributed by atoms with Crippen LogP contribution in [0.3, 0.4) is 0 Å². The molecule has 1 unspecified atom stereocenters. The predicted molar refractivity (Wildman–Crippen MR) is 145 cm³/mol. The number of halogens is 3. The fraction of sp³-hybridized carbons (Fsp3) is 0.448. The molecule has 1 heterocycles. The summed E-state index contributed by atoms with van der Waals surface area (Å²) in [4.78, 5) is 39.5. The van der Waals surface area contributed by atoms with E-state index in [-0.39, 0.29) is 42.9 Å². The number of benzene rings is 2. The second kappa shape index (κ2) is 11.9. The van der Waals surface area contributed by atoms with Crippen molar-refractivity contribution in [1.29, 1.82) is 5.41 Å². The van der Waals surface area contributed by atoms with Crippen LogP contribution in [0.4, 0.5) is 13.2 Å². The van der Waals surface area contributed by atoms with Gasteiger partial charge in [-0.25, -0.2) is 4.79 Å². The molecule has 2 aromatic carbocycles. The van der Waals surface area contributed by atoms with E-state index < -0.39 is 52.7 Å². The molecule has 2 atom stereocenters. The monoisotopic (exact) mass is 576 g/mol. The number of amides is 2. The van der Waals surface area contributed by atoms with Gasteiger partial charge in [0.25, 0.3) is 5.91 Å². The summed E-state index contributed by atoms with van der Waals surface area (Å²) in [6, 6.07) is 9.73. The number of aliphatic carboxylic acids is 1. The van der Waals surface area contributed by atoms with Crippen molar-refractivity contribution in [3.8, 4) is 0 Å². The lowest BCUT2D eigenvalue weighted by molar-refractivity contribution is -0.191. The van der Waals surface area contributed by atoms with Crippen LogP contribution in [0.2, 0.25) is 0 Å². The lowest BCUT2D eigenvalue weighted by Gasteiger charge is -2.45. The van der Waals surface area contributed by atoms with E-state index in [4.69, 9.17) is 15.9 Å². The molecule has 1 fully saturated rings. The number of nitrogens with two attached hydrogens (primary N) is 1. The van der Waals surface area contributed by atoms with E-state index in [1.54, 1.807) is 20.8 Å². The largest absolute Gasteiger partial charge is 0.479 e. The third-order valence-corrected chi connectivity index (χ3v) is 7.13. The molecule has 9 nitrogen and oxygen atoms in total. The number of rotatable bonds is 8. The van der Waals surface area contributed by atoms with Crippen molar-refractivity contribution in [2.45, 2.75) is 64.5 Å². The van der Waals surface area contributed by atoms with Crippen LogP contribution in [0.25, 0.3) is 0 Å². The third-order valence-electron chi connectivity index (χ3n) is 7.13. The zero-order valence-electron chi connectivity index (χ0n) is 23.3. The first-order chi connectivity index (χ1) is 18.9. The highest BCUT2D eigenvalue weighted by Gasteiger charge is 2.46. The maximum Gasteiger partial charge on any atom is 0.416 e. The summed E-state index contributed by atoms with van der Waals surface area (Å²) in [7, 11) is 0. The van der Waals surface area contributed by atoms with Crippen LogP contribution in [0.5, 0.6) is 0 Å². The molecule has 1 aliphatic rings. The Balaban J connectivity index is 1.81. The first-order valence-corrected chi connectivity index (χ1v) is 13.1. The minimum absolute atomic E-state index is 0.0487. The Bertz CT molecular complexity index is 1300. The van der Waals surface area contributed by atoms with Gasteiger partial charge in [0.15, 0.2) is 6.10 Å². The number of ether oxygens (including phenoxy) is 1. The zero-order valence-corrected chi connectivity index (χ0v) is 23.3. The van der Waals surface area contributed by atoms with Crippen LogP contribution in [0.15, 0.2) is 48.5 Å². The van der Waals surface area contributed by atoms with Gasteiger partial charge < -0.3 is 25.8 Å². The normalized spacial score (nSPS) is 16.9. The van der Waals surface area contributed by atoms with E-state index in [2.05, 4.69) is 5.32 Å². The molecule has 0 aliphatic carbocycles. The van der Waals surface area contributed by atoms with Gasteiger partial charge in [-0.3, -0.25) is 15.0 Å². The van der Waals surface area contributed by atoms with E-state index >= 15 is 0 Å². The number of carbonyl (C=O) groups excluding carboxylic acids is 2. The Morgan fingerprint density at radius 2 is 1.61 bits per heavy atom. The summed E-state index contributed by atoms with van der Waals surface area (Å²) in [5.74, 6) is -2.29. The summed E-state index contributed by atoms with van der Waals surface area (Å²) in [5.41, 5.74) is 3.20. The first kappa shape index (κ1) is 31.6. The van der Waals surface area contributed by atoms with Crippen molar-refractivity contribution in [1.82, 2.24) is 10.2 Å². The third kappa shape index (κ3) is 7.43. The quantitative estimate of drug-likeness (QED) is 0.275. The molecule has 41 heavy (non-hydrogen) atoms. The Kier molecular flexibility index (Phi) is 9.17. The van der Waals surface area contributed by atoms with Crippen LogP contribution in [0, 0.1) is 10.8 Å². The van der Waals surface area contributed by atoms with Crippen molar-refractivity contribution in [3.63, 3.8) is 0 Å². The maximum absolute atomic E-state index is 13.5. The number of hydrogen-bond donors (Lipinski definition) is 4. The van der Waals surface area contributed by atoms with Gasteiger partial charge in [0, 0.05) is 24.2 Å². The summed E-state index contributed by atoms with van der Waals surface area (Å²) < 4.78 is 46.8. The Morgan fingerprint density at radius 3 is 2.10 bits per heavy atom. The summed E-state index contributed by atoms with van der Waals surface area (Å²) in [5, 5.41) is 20.0. The van der Waals surface area contributed by atoms with Crippen LogP contribution in [0.1, 0.15) is 67.6 Å². The van der Waals surface area contributed by atoms with Crippen molar-refractivity contribution >= 4 is 23.6 Å². The molecular formula is C29H35F3N4O5. The standard InChI is InChI=1S/C29H35F3N4O5/c1-17(35-24(37)19-10-8-18(9-11-19)23(33)34)25(38)36-14-12-28(13-15-36,41-22(26(39)40)27(2,3)4)20-6-5-7-21(16-20)29(30,31)32/h5-11,16-17,22H,12-15H2,1-4H3,(H3,33,34)(H,35,37)(H,39,40)/t17-,22?/m0/s1. The minimum Gasteiger partial charge on any atom is -0.479 e. The van der Waals surface area contributed by atoms with E-state index in [0.29, 0.717) is 5.56 Å². The smallest absolute Gasteiger partial charge is 0.416 e. The van der Waals surface area contributed by atoms with Gasteiger partial charge in [-0.15, -0.1) is 0 Å². The molecule has 0 bridgehead atoms. The summed E-state index contributed by atoms with van der Waals surface area (Å²) in [6.45, 7) is 6.67. The number of carbonyl (C=O) groups is 3. The average molecular weight is 577 g/mol. The number of carboxylic acid groups (broad SMARTS) is 1. The van der Waals surface area contributed by atoms with Crippen molar-refractivity contribution in [2.24, 2.45) is 11.1 Å². The highest BCUT2D eigenvalue weighted by Crippen LogP contribution is 2.42. The molecule has 0 radical (unpaired) electrons. The highest BCUT2D eigenvalue weighted by molar-refractivity contribution is 5.99. The van der Waals surface area contributed by atoms with Gasteiger partial charge in [-0.05, 0) is 55.0 Å². The summed E-state index contributed by atoms with van der Waals surface area (Å²) in [6.07, 6.45) is -5.84. The number of alkyl halides is 3. The number of piperidine rings is 1. The molecular weight excluding hydrogens is 541 g/mol. The molecule has 3 rings (SSSR count). The van der Waals surface area contributed by atoms with E-state index in [1.165, 1.54) is 48.2 Å². The molecule has 1 aliphatic heterocycles. The number of amidine groups is 1. The number of hydrogen-bond acceptors (Lipinski definition) is 5. The van der Waals surface area contributed by atoms with E-state index in [9.17, 15) is 32.7 Å². The zero-order chi connectivity index (χ0) is 30.8. The van der Waals surface area contributed by atoms with Crippen molar-refractivity contribution in [2.75, 3.05) is 13.1 Å². The molecule has 2 aromatic rings. The molecule has 222 valence electrons. The van der Waals surface area contributed by atoms with Crippen LogP contribution >= 0.6 is 0 Å². The van der Waals surface area contributed by atoms with Gasteiger partial charge in [-0.2, -0.15) is 13.2 Å². The SMILES string of the molecule is C[C@H](NC(=O)c1ccc(C(=N)N)cc1)C(=O)N1CCC(OC(C(=O)O)C(C)(C)C)(c2cccc(C(F)(F)F)c2)CC1. The Hall–Kier alpha value is -3.93. The Morgan fingerprint density at radius 1 is 1.05 bits per heavy atom. The second-order valence-corrected chi connectivity index (χ2v) is 11.3. The fourth-order valence-electron chi connectivity index (χ4n) is 4.78. The molecule has 0 aromatic heterocycles. The van der Waals surface area contributed by atoms with Crippen LogP contribution in [-0.2, 0) is 26.1 Å². The topological polar surface area (TPSA) is 146 Å². The van der Waals surface area contributed by atoms with Crippen molar-refractivity contribution in [3.05, 3.63) is 70.8 Å². The maximum atomic E-state index is 13.5. The molecule has 0 spiro atoms. The first-order valence-electron chi connectivity index (χ1n) is 13.1.